The minimum absolute atomic E-state index is 0.107. The van der Waals surface area contributed by atoms with Gasteiger partial charge in [-0.1, -0.05) is 0 Å². The summed E-state index contributed by atoms with van der Waals surface area (Å²) in [5, 5.41) is 18.5. The third-order valence-electron chi connectivity index (χ3n) is 3.32. The fourth-order valence-electron chi connectivity index (χ4n) is 2.01. The van der Waals surface area contributed by atoms with Crippen LogP contribution < -0.4 is 11.2 Å². The van der Waals surface area contributed by atoms with Gasteiger partial charge in [-0.3, -0.25) is 14.3 Å². The molecule has 2 heterocycles. The topological polar surface area (TPSA) is 95.3 Å². The smallest absolute Gasteiger partial charge is 0.329 e. The lowest BCUT2D eigenvalue weighted by atomic mass is 9.89. The second-order valence-electron chi connectivity index (χ2n) is 4.76. The Morgan fingerprint density at radius 3 is 2.72 bits per heavy atom. The van der Waals surface area contributed by atoms with Gasteiger partial charge in [0.1, 0.15) is 0 Å². The average Bonchev–Trinajstić information content (AvgIpc) is 2.79. The first-order valence-electron chi connectivity index (χ1n) is 5.67. The van der Waals surface area contributed by atoms with Gasteiger partial charge < -0.3 is 10.2 Å². The van der Waals surface area contributed by atoms with Crippen LogP contribution in [0.25, 0.3) is 0 Å². The molecule has 1 atom stereocenters. The van der Waals surface area contributed by atoms with Gasteiger partial charge in [0, 0.05) is 22.9 Å². The molecule has 0 bridgehead atoms. The van der Waals surface area contributed by atoms with Crippen molar-refractivity contribution in [1.29, 1.82) is 0 Å². The molecule has 6 nitrogen and oxygen atoms in total. The summed E-state index contributed by atoms with van der Waals surface area (Å²) in [6.07, 6.45) is 2.04. The van der Waals surface area contributed by atoms with Crippen molar-refractivity contribution in [3.05, 3.63) is 32.6 Å². The molecule has 1 fully saturated rings. The Hall–Kier alpha value is -1.05. The van der Waals surface area contributed by atoms with Crippen molar-refractivity contribution in [3.8, 4) is 0 Å². The Bertz CT molecular complexity index is 547. The molecule has 0 amide bonds. The molecule has 0 radical (unpaired) electrons. The van der Waals surface area contributed by atoms with Crippen LogP contribution in [0.3, 0.4) is 0 Å². The zero-order valence-corrected chi connectivity index (χ0v) is 10.9. The molecular formula is C11H16N2O4S. The third kappa shape index (κ3) is 2.25. The van der Waals surface area contributed by atoms with Crippen molar-refractivity contribution in [2.45, 2.75) is 18.7 Å². The van der Waals surface area contributed by atoms with E-state index in [4.69, 9.17) is 0 Å². The second-order valence-corrected chi connectivity index (χ2v) is 5.93. The van der Waals surface area contributed by atoms with Crippen molar-refractivity contribution in [1.82, 2.24) is 9.55 Å². The van der Waals surface area contributed by atoms with Crippen LogP contribution in [0.5, 0.6) is 0 Å². The number of hydrogen-bond acceptors (Lipinski definition) is 5. The fourth-order valence-corrected chi connectivity index (χ4v) is 3.65. The first kappa shape index (κ1) is 13.4. The Balaban J connectivity index is 2.33. The number of aliphatic hydroxyl groups is 2. The summed E-state index contributed by atoms with van der Waals surface area (Å²) in [6, 6.07) is 0. The average molecular weight is 272 g/mol. The summed E-state index contributed by atoms with van der Waals surface area (Å²) in [7, 11) is 0. The van der Waals surface area contributed by atoms with Crippen LogP contribution >= 0.6 is 11.8 Å². The summed E-state index contributed by atoms with van der Waals surface area (Å²) in [5.74, 6) is 0.593. The van der Waals surface area contributed by atoms with Crippen LogP contribution in [0, 0.1) is 12.3 Å². The molecule has 1 aromatic rings. The highest BCUT2D eigenvalue weighted by atomic mass is 32.2. The third-order valence-corrected chi connectivity index (χ3v) is 4.87. The number of aryl methyl sites for hydroxylation is 1. The molecule has 100 valence electrons. The molecule has 2 rings (SSSR count). The molecule has 0 aliphatic carbocycles. The lowest BCUT2D eigenvalue weighted by molar-refractivity contribution is 0.0687. The largest absolute Gasteiger partial charge is 0.396 e. The highest BCUT2D eigenvalue weighted by Gasteiger charge is 2.40. The van der Waals surface area contributed by atoms with Crippen LogP contribution in [0.1, 0.15) is 17.4 Å². The number of aromatic nitrogens is 2. The molecule has 1 aliphatic rings. The lowest BCUT2D eigenvalue weighted by Gasteiger charge is -2.23. The monoisotopic (exact) mass is 272 g/mol. The second kappa shape index (κ2) is 4.91. The molecule has 0 unspecified atom stereocenters. The van der Waals surface area contributed by atoms with Gasteiger partial charge in [-0.15, -0.1) is 11.8 Å². The van der Waals surface area contributed by atoms with Crippen molar-refractivity contribution < 1.29 is 10.2 Å². The Morgan fingerprint density at radius 2 is 2.17 bits per heavy atom. The van der Waals surface area contributed by atoms with Crippen molar-refractivity contribution >= 4 is 11.8 Å². The van der Waals surface area contributed by atoms with Crippen LogP contribution in [0.15, 0.2) is 15.8 Å². The lowest BCUT2D eigenvalue weighted by Crippen LogP contribution is -2.34. The van der Waals surface area contributed by atoms with Gasteiger partial charge in [0.15, 0.2) is 0 Å². The van der Waals surface area contributed by atoms with Gasteiger partial charge in [0.25, 0.3) is 5.56 Å². The minimum atomic E-state index is -0.543. The zero-order chi connectivity index (χ0) is 13.3. The zero-order valence-electron chi connectivity index (χ0n) is 10.0. The molecule has 18 heavy (non-hydrogen) atoms. The van der Waals surface area contributed by atoms with E-state index in [1.165, 1.54) is 22.5 Å². The first-order chi connectivity index (χ1) is 8.51. The maximum absolute atomic E-state index is 11.7. The maximum Gasteiger partial charge on any atom is 0.329 e. The quantitative estimate of drug-likeness (QED) is 0.686. The molecule has 0 aromatic carbocycles. The molecule has 0 saturated carbocycles. The first-order valence-corrected chi connectivity index (χ1v) is 6.71. The van der Waals surface area contributed by atoms with Crippen LogP contribution in [0.2, 0.25) is 0 Å². The SMILES string of the molecule is Cc1cn([C@@H]2CC(CO)(CO)CS2)c(=O)[nH]c1=O. The van der Waals surface area contributed by atoms with Gasteiger partial charge in [0.2, 0.25) is 0 Å². The van der Waals surface area contributed by atoms with Crippen molar-refractivity contribution in [3.63, 3.8) is 0 Å². The van der Waals surface area contributed by atoms with Crippen molar-refractivity contribution in [2.75, 3.05) is 19.0 Å². The van der Waals surface area contributed by atoms with E-state index in [0.717, 1.165) is 0 Å². The Kier molecular flexibility index (Phi) is 3.65. The molecule has 0 spiro atoms. The molecule has 7 heteroatoms. The summed E-state index contributed by atoms with van der Waals surface area (Å²) in [4.78, 5) is 25.3. The summed E-state index contributed by atoms with van der Waals surface area (Å²) in [5.41, 5.74) is -0.899. The number of nitrogens with zero attached hydrogens (tertiary/aromatic N) is 1. The number of thioether (sulfide) groups is 1. The Labute approximate surface area is 108 Å². The Morgan fingerprint density at radius 1 is 1.50 bits per heavy atom. The number of hydrogen-bond donors (Lipinski definition) is 3. The van der Waals surface area contributed by atoms with E-state index in [9.17, 15) is 19.8 Å². The number of nitrogens with one attached hydrogen (secondary N) is 1. The highest BCUT2D eigenvalue weighted by molar-refractivity contribution is 7.99. The predicted octanol–water partition coefficient (Wildman–Crippen LogP) is -0.548. The van der Waals surface area contributed by atoms with Gasteiger partial charge in [-0.05, 0) is 13.3 Å². The number of H-pyrrole nitrogens is 1. The van der Waals surface area contributed by atoms with E-state index in [0.29, 0.717) is 17.7 Å². The van der Waals surface area contributed by atoms with Crippen molar-refractivity contribution in [2.24, 2.45) is 5.41 Å². The van der Waals surface area contributed by atoms with E-state index in [2.05, 4.69) is 4.98 Å². The number of aliphatic hydroxyl groups excluding tert-OH is 2. The highest BCUT2D eigenvalue weighted by Crippen LogP contribution is 2.46. The molecule has 1 saturated heterocycles. The van der Waals surface area contributed by atoms with Crippen LogP contribution in [-0.4, -0.2) is 38.7 Å². The van der Waals surface area contributed by atoms with E-state index in [1.54, 1.807) is 6.92 Å². The van der Waals surface area contributed by atoms with Gasteiger partial charge in [-0.2, -0.15) is 0 Å². The van der Waals surface area contributed by atoms with Crippen LogP contribution in [0.4, 0.5) is 0 Å². The number of aromatic amines is 1. The molecular weight excluding hydrogens is 256 g/mol. The van der Waals surface area contributed by atoms with E-state index in [-0.39, 0.29) is 24.1 Å². The summed E-state index contributed by atoms with van der Waals surface area (Å²) < 4.78 is 1.47. The number of rotatable bonds is 3. The van der Waals surface area contributed by atoms with Gasteiger partial charge in [0.05, 0.1) is 18.6 Å². The molecule has 3 N–H and O–H groups in total. The summed E-state index contributed by atoms with van der Waals surface area (Å²) >= 11 is 1.50. The predicted molar refractivity (Wildman–Crippen MR) is 68.8 cm³/mol. The molecule has 1 aliphatic heterocycles. The van der Waals surface area contributed by atoms with E-state index >= 15 is 0 Å². The van der Waals surface area contributed by atoms with E-state index in [1.807, 2.05) is 0 Å². The van der Waals surface area contributed by atoms with E-state index < -0.39 is 11.1 Å². The van der Waals surface area contributed by atoms with Crippen LogP contribution in [-0.2, 0) is 0 Å². The minimum Gasteiger partial charge on any atom is -0.396 e. The van der Waals surface area contributed by atoms with Gasteiger partial charge in [-0.25, -0.2) is 4.79 Å². The molecule has 1 aromatic heterocycles. The fraction of sp³-hybridized carbons (Fsp3) is 0.636. The standard InChI is InChI=1S/C11H16N2O4S/c1-7-3-13(10(17)12-9(7)16)8-2-11(4-14,5-15)6-18-8/h3,8,14-15H,2,4-6H2,1H3,(H,12,16,17)/t8-/m0/s1. The normalized spacial score (nSPS) is 22.3. The maximum atomic E-state index is 11.7. The van der Waals surface area contributed by atoms with Gasteiger partial charge >= 0.3 is 5.69 Å². The summed E-state index contributed by atoms with van der Waals surface area (Å²) in [6.45, 7) is 1.42.